The maximum absolute atomic E-state index is 8.29. The van der Waals surface area contributed by atoms with Crippen molar-refractivity contribution in [2.75, 3.05) is 0 Å². The minimum Gasteiger partial charge on any atom is -0.197 e. The molecule has 0 aliphatic rings. The van der Waals surface area contributed by atoms with Crippen molar-refractivity contribution in [1.29, 1.82) is 21.0 Å². The first-order valence-electron chi connectivity index (χ1n) is 3.05. The van der Waals surface area contributed by atoms with Gasteiger partial charge < -0.3 is 0 Å². The van der Waals surface area contributed by atoms with Gasteiger partial charge in [0.1, 0.15) is 0 Å². The van der Waals surface area contributed by atoms with Crippen LogP contribution in [0.5, 0.6) is 0 Å². The van der Waals surface area contributed by atoms with E-state index in [9.17, 15) is 0 Å². The standard InChI is InChI=1S/C8H4N4/c9-3-7(4-10)1-2-8(5-11)6-12/h1-2,7-8H. The Bertz CT molecular complexity index is 266. The van der Waals surface area contributed by atoms with Crippen molar-refractivity contribution in [2.24, 2.45) is 11.8 Å². The summed E-state index contributed by atoms with van der Waals surface area (Å²) in [5.41, 5.74) is 0. The topological polar surface area (TPSA) is 95.2 Å². The highest BCUT2D eigenvalue weighted by atomic mass is 14.3. The molecule has 0 N–H and O–H groups in total. The Kier molecular flexibility index (Phi) is 4.43. The lowest BCUT2D eigenvalue weighted by atomic mass is 10.1. The zero-order chi connectivity index (χ0) is 9.40. The van der Waals surface area contributed by atoms with Crippen LogP contribution in [0.2, 0.25) is 0 Å². The molecule has 0 unspecified atom stereocenters. The summed E-state index contributed by atoms with van der Waals surface area (Å²) in [6.07, 6.45) is 2.49. The van der Waals surface area contributed by atoms with Crippen LogP contribution in [0, 0.1) is 57.2 Å². The van der Waals surface area contributed by atoms with Crippen LogP contribution in [0.1, 0.15) is 0 Å². The number of nitrogens with zero attached hydrogens (tertiary/aromatic N) is 4. The summed E-state index contributed by atoms with van der Waals surface area (Å²) in [5, 5.41) is 33.2. The van der Waals surface area contributed by atoms with Gasteiger partial charge in [0.25, 0.3) is 0 Å². The van der Waals surface area contributed by atoms with Gasteiger partial charge in [-0.05, 0) is 0 Å². The van der Waals surface area contributed by atoms with E-state index in [1.165, 1.54) is 12.2 Å². The number of hydrogen-bond donors (Lipinski definition) is 0. The van der Waals surface area contributed by atoms with E-state index >= 15 is 0 Å². The van der Waals surface area contributed by atoms with Gasteiger partial charge in [0.05, 0.1) is 24.3 Å². The monoisotopic (exact) mass is 156 g/mol. The van der Waals surface area contributed by atoms with E-state index in [4.69, 9.17) is 21.0 Å². The maximum atomic E-state index is 8.29. The van der Waals surface area contributed by atoms with Gasteiger partial charge in [0.15, 0.2) is 11.8 Å². The Morgan fingerprint density at radius 3 is 1.08 bits per heavy atom. The van der Waals surface area contributed by atoms with Gasteiger partial charge in [0, 0.05) is 0 Å². The third-order valence-corrected chi connectivity index (χ3v) is 1.05. The van der Waals surface area contributed by atoms with Crippen molar-refractivity contribution in [1.82, 2.24) is 0 Å². The molecule has 4 heteroatoms. The highest BCUT2D eigenvalue weighted by molar-refractivity contribution is 5.18. The molecular formula is C8H4N4. The lowest BCUT2D eigenvalue weighted by molar-refractivity contribution is 1.03. The molecule has 0 aromatic rings. The molecule has 0 saturated heterocycles. The van der Waals surface area contributed by atoms with E-state index in [2.05, 4.69) is 0 Å². The van der Waals surface area contributed by atoms with E-state index in [1.807, 2.05) is 0 Å². The molecule has 0 spiro atoms. The first kappa shape index (κ1) is 9.70. The van der Waals surface area contributed by atoms with Crippen LogP contribution in [0.4, 0.5) is 0 Å². The van der Waals surface area contributed by atoms with Crippen LogP contribution < -0.4 is 0 Å². The number of hydrogen-bond acceptors (Lipinski definition) is 4. The normalized spacial score (nSPS) is 8.83. The molecule has 0 saturated carbocycles. The van der Waals surface area contributed by atoms with Gasteiger partial charge in [-0.1, -0.05) is 12.2 Å². The van der Waals surface area contributed by atoms with Crippen LogP contribution in [0.25, 0.3) is 0 Å². The summed E-state index contributed by atoms with van der Waals surface area (Å²) >= 11 is 0. The van der Waals surface area contributed by atoms with Gasteiger partial charge in [0.2, 0.25) is 0 Å². The zero-order valence-electron chi connectivity index (χ0n) is 6.10. The Balaban J connectivity index is 4.30. The van der Waals surface area contributed by atoms with Crippen molar-refractivity contribution in [3.63, 3.8) is 0 Å². The molecule has 0 fully saturated rings. The fourth-order valence-corrected chi connectivity index (χ4v) is 0.452. The minimum atomic E-state index is -0.880. The predicted molar refractivity (Wildman–Crippen MR) is 38.6 cm³/mol. The number of allylic oxidation sites excluding steroid dienone is 2. The fraction of sp³-hybridized carbons (Fsp3) is 0.250. The number of nitriles is 4. The summed E-state index contributed by atoms with van der Waals surface area (Å²) < 4.78 is 0. The maximum Gasteiger partial charge on any atom is 0.151 e. The van der Waals surface area contributed by atoms with Crippen LogP contribution in [0.15, 0.2) is 12.2 Å². The van der Waals surface area contributed by atoms with Crippen molar-refractivity contribution in [2.45, 2.75) is 0 Å². The second kappa shape index (κ2) is 5.48. The van der Waals surface area contributed by atoms with Crippen LogP contribution in [-0.4, -0.2) is 0 Å². The van der Waals surface area contributed by atoms with Crippen LogP contribution in [-0.2, 0) is 0 Å². The predicted octanol–water partition coefficient (Wildman–Crippen LogP) is 0.869. The third-order valence-electron chi connectivity index (χ3n) is 1.05. The highest BCUT2D eigenvalue weighted by Crippen LogP contribution is 1.99. The molecule has 0 radical (unpaired) electrons. The SMILES string of the molecule is N#CC(C#N)C=CC(C#N)C#N. The Labute approximate surface area is 70.2 Å². The smallest absolute Gasteiger partial charge is 0.151 e. The molecule has 0 amide bonds. The molecule has 0 aliphatic heterocycles. The van der Waals surface area contributed by atoms with E-state index in [1.54, 1.807) is 24.3 Å². The summed E-state index contributed by atoms with van der Waals surface area (Å²) in [6, 6.07) is 6.75. The molecule has 0 heterocycles. The van der Waals surface area contributed by atoms with Crippen molar-refractivity contribution in [3.8, 4) is 24.3 Å². The highest BCUT2D eigenvalue weighted by Gasteiger charge is 2.02. The molecule has 4 nitrogen and oxygen atoms in total. The molecule has 0 aromatic heterocycles. The average molecular weight is 156 g/mol. The average Bonchev–Trinajstić information content (AvgIpc) is 2.13. The van der Waals surface area contributed by atoms with Crippen LogP contribution in [0.3, 0.4) is 0 Å². The van der Waals surface area contributed by atoms with Gasteiger partial charge in [-0.3, -0.25) is 0 Å². The van der Waals surface area contributed by atoms with Gasteiger partial charge in [-0.15, -0.1) is 0 Å². The first-order chi connectivity index (χ1) is 5.78. The first-order valence-corrected chi connectivity index (χ1v) is 3.05. The summed E-state index contributed by atoms with van der Waals surface area (Å²) in [4.78, 5) is 0. The Morgan fingerprint density at radius 2 is 0.917 bits per heavy atom. The molecule has 0 bridgehead atoms. The van der Waals surface area contributed by atoms with E-state index in [-0.39, 0.29) is 0 Å². The summed E-state index contributed by atoms with van der Waals surface area (Å²) in [7, 11) is 0. The third kappa shape index (κ3) is 3.02. The van der Waals surface area contributed by atoms with Crippen molar-refractivity contribution < 1.29 is 0 Å². The molecule has 0 rings (SSSR count). The molecule has 0 atom stereocenters. The summed E-state index contributed by atoms with van der Waals surface area (Å²) in [6.45, 7) is 0. The van der Waals surface area contributed by atoms with Gasteiger partial charge >= 0.3 is 0 Å². The molecular weight excluding hydrogens is 152 g/mol. The van der Waals surface area contributed by atoms with Gasteiger partial charge in [-0.2, -0.15) is 21.0 Å². The lowest BCUT2D eigenvalue weighted by Gasteiger charge is -1.88. The van der Waals surface area contributed by atoms with E-state index in [0.717, 1.165) is 0 Å². The second-order valence-corrected chi connectivity index (χ2v) is 1.86. The lowest BCUT2D eigenvalue weighted by Crippen LogP contribution is -1.90. The Morgan fingerprint density at radius 1 is 0.667 bits per heavy atom. The summed E-state index contributed by atoms with van der Waals surface area (Å²) in [5.74, 6) is -1.76. The Hall–Kier alpha value is -2.30. The number of rotatable bonds is 2. The second-order valence-electron chi connectivity index (χ2n) is 1.86. The van der Waals surface area contributed by atoms with E-state index in [0.29, 0.717) is 0 Å². The largest absolute Gasteiger partial charge is 0.197 e. The molecule has 12 heavy (non-hydrogen) atoms. The minimum absolute atomic E-state index is 0.880. The van der Waals surface area contributed by atoms with Crippen LogP contribution >= 0.6 is 0 Å². The molecule has 0 aromatic carbocycles. The molecule has 0 aliphatic carbocycles. The zero-order valence-corrected chi connectivity index (χ0v) is 6.10. The molecule has 56 valence electrons. The quantitative estimate of drug-likeness (QED) is 0.554. The fourth-order valence-electron chi connectivity index (χ4n) is 0.452. The van der Waals surface area contributed by atoms with Gasteiger partial charge in [-0.25, -0.2) is 0 Å². The van der Waals surface area contributed by atoms with E-state index < -0.39 is 11.8 Å². The van der Waals surface area contributed by atoms with Crippen molar-refractivity contribution in [3.05, 3.63) is 12.2 Å². The van der Waals surface area contributed by atoms with Crippen molar-refractivity contribution >= 4 is 0 Å².